The normalized spacial score (nSPS) is 24.5. The highest BCUT2D eigenvalue weighted by atomic mass is 16.5. The molecule has 1 amide bonds. The number of ether oxygens (including phenoxy) is 1. The van der Waals surface area contributed by atoms with Gasteiger partial charge in [-0.05, 0) is 61.9 Å². The fraction of sp³-hybridized carbons (Fsp3) is 0.565. The highest BCUT2D eigenvalue weighted by Gasteiger charge is 2.38. The monoisotopic (exact) mass is 396 g/mol. The quantitative estimate of drug-likeness (QED) is 0.839. The Bertz CT molecular complexity index is 839. The van der Waals surface area contributed by atoms with E-state index < -0.39 is 0 Å². The van der Waals surface area contributed by atoms with E-state index in [2.05, 4.69) is 55.3 Å². The van der Waals surface area contributed by atoms with Crippen LogP contribution in [0.15, 0.2) is 36.5 Å². The minimum Gasteiger partial charge on any atom is -0.471 e. The molecule has 0 radical (unpaired) electrons. The number of aromatic nitrogens is 2. The van der Waals surface area contributed by atoms with Gasteiger partial charge in [0, 0.05) is 24.3 Å². The first-order valence-electron chi connectivity index (χ1n) is 10.6. The van der Waals surface area contributed by atoms with Crippen molar-refractivity contribution in [3.63, 3.8) is 0 Å². The molecule has 6 nitrogen and oxygen atoms in total. The molecular formula is C23H32N4O2. The average Bonchev–Trinajstić information content (AvgIpc) is 3.22. The van der Waals surface area contributed by atoms with Crippen LogP contribution in [-0.2, 0) is 12.1 Å². The first-order chi connectivity index (χ1) is 13.8. The van der Waals surface area contributed by atoms with E-state index in [1.54, 1.807) is 16.9 Å². The van der Waals surface area contributed by atoms with Gasteiger partial charge in [-0.1, -0.05) is 32.9 Å². The van der Waals surface area contributed by atoms with Crippen molar-refractivity contribution >= 4 is 5.91 Å². The lowest BCUT2D eigenvalue weighted by Crippen LogP contribution is -2.48. The molecule has 2 fully saturated rings. The van der Waals surface area contributed by atoms with Gasteiger partial charge in [-0.25, -0.2) is 4.68 Å². The lowest BCUT2D eigenvalue weighted by Gasteiger charge is -2.36. The van der Waals surface area contributed by atoms with Crippen LogP contribution in [0.4, 0.5) is 0 Å². The third-order valence-corrected chi connectivity index (χ3v) is 6.39. The smallest absolute Gasteiger partial charge is 0.271 e. The maximum atomic E-state index is 12.6. The van der Waals surface area contributed by atoms with Crippen molar-refractivity contribution in [1.82, 2.24) is 20.0 Å². The van der Waals surface area contributed by atoms with Crippen molar-refractivity contribution < 1.29 is 9.53 Å². The van der Waals surface area contributed by atoms with Crippen LogP contribution in [0.25, 0.3) is 0 Å². The highest BCUT2D eigenvalue weighted by molar-refractivity contribution is 5.92. The summed E-state index contributed by atoms with van der Waals surface area (Å²) in [4.78, 5) is 15.1. The Morgan fingerprint density at radius 1 is 1.14 bits per heavy atom. The molecule has 2 aromatic rings. The van der Waals surface area contributed by atoms with Gasteiger partial charge >= 0.3 is 0 Å². The Labute approximate surface area is 173 Å². The summed E-state index contributed by atoms with van der Waals surface area (Å²) in [6.45, 7) is 6.85. The molecule has 4 rings (SSSR count). The van der Waals surface area contributed by atoms with Gasteiger partial charge in [-0.15, -0.1) is 0 Å². The Hall–Kier alpha value is -2.34. The zero-order valence-electron chi connectivity index (χ0n) is 17.9. The summed E-state index contributed by atoms with van der Waals surface area (Å²) >= 11 is 0. The van der Waals surface area contributed by atoms with Gasteiger partial charge in [0.2, 0.25) is 0 Å². The van der Waals surface area contributed by atoms with Crippen LogP contribution in [0.5, 0.6) is 5.75 Å². The molecule has 6 heteroatoms. The summed E-state index contributed by atoms with van der Waals surface area (Å²) in [5.74, 6) is 0.702. The summed E-state index contributed by atoms with van der Waals surface area (Å²) < 4.78 is 7.47. The van der Waals surface area contributed by atoms with Crippen LogP contribution in [0, 0.1) is 0 Å². The van der Waals surface area contributed by atoms with Gasteiger partial charge in [0.15, 0.2) is 6.73 Å². The number of hydrogen-bond donors (Lipinski definition) is 1. The van der Waals surface area contributed by atoms with Gasteiger partial charge < -0.3 is 15.0 Å². The SMILES string of the molecule is CN1C2CCC1CC(NC(=O)c1ccn(COc3ccc(C(C)(C)C)cc3)n1)C2. The van der Waals surface area contributed by atoms with E-state index in [1.807, 2.05) is 12.1 Å². The number of nitrogens with one attached hydrogen (secondary N) is 1. The largest absolute Gasteiger partial charge is 0.471 e. The number of carbonyl (C=O) groups is 1. The Morgan fingerprint density at radius 3 is 2.41 bits per heavy atom. The summed E-state index contributed by atoms with van der Waals surface area (Å²) in [7, 11) is 2.21. The van der Waals surface area contributed by atoms with E-state index >= 15 is 0 Å². The van der Waals surface area contributed by atoms with E-state index in [-0.39, 0.29) is 24.1 Å². The molecule has 2 saturated heterocycles. The van der Waals surface area contributed by atoms with Crippen molar-refractivity contribution in [3.8, 4) is 5.75 Å². The van der Waals surface area contributed by atoms with Crippen LogP contribution in [0.1, 0.15) is 62.5 Å². The molecule has 0 spiro atoms. The second-order valence-electron chi connectivity index (χ2n) is 9.48. The fourth-order valence-electron chi connectivity index (χ4n) is 4.54. The molecule has 2 unspecified atom stereocenters. The van der Waals surface area contributed by atoms with E-state index in [0.29, 0.717) is 17.8 Å². The molecule has 1 aromatic heterocycles. The summed E-state index contributed by atoms with van der Waals surface area (Å²) in [5.41, 5.74) is 1.84. The second-order valence-corrected chi connectivity index (χ2v) is 9.48. The summed E-state index contributed by atoms with van der Waals surface area (Å²) in [6.07, 6.45) is 6.35. The Kier molecular flexibility index (Phi) is 5.38. The third-order valence-electron chi connectivity index (χ3n) is 6.39. The molecule has 0 saturated carbocycles. The number of rotatable bonds is 5. The van der Waals surface area contributed by atoms with Crippen LogP contribution in [-0.4, -0.2) is 45.8 Å². The number of piperidine rings is 1. The van der Waals surface area contributed by atoms with Gasteiger partial charge in [0.25, 0.3) is 5.91 Å². The zero-order chi connectivity index (χ0) is 20.6. The van der Waals surface area contributed by atoms with Crippen LogP contribution in [0.2, 0.25) is 0 Å². The summed E-state index contributed by atoms with van der Waals surface area (Å²) in [5, 5.41) is 7.57. The van der Waals surface area contributed by atoms with Gasteiger partial charge in [0.05, 0.1) is 0 Å². The molecule has 1 aromatic carbocycles. The number of amides is 1. The first kappa shape index (κ1) is 20.0. The number of carbonyl (C=O) groups excluding carboxylic acids is 1. The molecule has 1 N–H and O–H groups in total. The standard InChI is InChI=1S/C23H32N4O2/c1-23(2,3)16-5-9-20(10-6-16)29-15-27-12-11-21(25-27)22(28)24-17-13-18-7-8-19(14-17)26(18)4/h5-6,9-12,17-19H,7-8,13-15H2,1-4H3,(H,24,28). The van der Waals surface area contributed by atoms with E-state index in [1.165, 1.54) is 18.4 Å². The van der Waals surface area contributed by atoms with Gasteiger partial charge in [-0.3, -0.25) is 4.79 Å². The molecule has 0 aliphatic carbocycles. The zero-order valence-corrected chi connectivity index (χ0v) is 17.9. The maximum absolute atomic E-state index is 12.6. The molecule has 2 atom stereocenters. The summed E-state index contributed by atoms with van der Waals surface area (Å²) in [6, 6.07) is 11.4. The lowest BCUT2D eigenvalue weighted by molar-refractivity contribution is 0.0875. The topological polar surface area (TPSA) is 59.4 Å². The maximum Gasteiger partial charge on any atom is 0.271 e. The highest BCUT2D eigenvalue weighted by Crippen LogP contribution is 2.34. The predicted octanol–water partition coefficient (Wildman–Crippen LogP) is 3.57. The number of hydrogen-bond acceptors (Lipinski definition) is 4. The van der Waals surface area contributed by atoms with Crippen molar-refractivity contribution in [2.75, 3.05) is 7.05 Å². The molecule has 2 aliphatic heterocycles. The molecule has 29 heavy (non-hydrogen) atoms. The van der Waals surface area contributed by atoms with E-state index in [4.69, 9.17) is 4.74 Å². The average molecular weight is 397 g/mol. The van der Waals surface area contributed by atoms with Crippen LogP contribution in [0.3, 0.4) is 0 Å². The molecule has 3 heterocycles. The number of fused-ring (bicyclic) bond motifs is 2. The van der Waals surface area contributed by atoms with E-state index in [0.717, 1.165) is 18.6 Å². The van der Waals surface area contributed by atoms with E-state index in [9.17, 15) is 4.79 Å². The Balaban J connectivity index is 1.30. The van der Waals surface area contributed by atoms with Gasteiger partial charge in [0.1, 0.15) is 11.4 Å². The Morgan fingerprint density at radius 2 is 1.79 bits per heavy atom. The fourth-order valence-corrected chi connectivity index (χ4v) is 4.54. The van der Waals surface area contributed by atoms with Crippen molar-refractivity contribution in [1.29, 1.82) is 0 Å². The van der Waals surface area contributed by atoms with Crippen molar-refractivity contribution in [2.24, 2.45) is 0 Å². The third kappa shape index (κ3) is 4.47. The number of nitrogens with zero attached hydrogens (tertiary/aromatic N) is 3. The minimum atomic E-state index is -0.0905. The van der Waals surface area contributed by atoms with Crippen LogP contribution < -0.4 is 10.1 Å². The molecule has 2 bridgehead atoms. The predicted molar refractivity (Wildman–Crippen MR) is 113 cm³/mol. The lowest BCUT2D eigenvalue weighted by atomic mass is 9.87. The van der Waals surface area contributed by atoms with Crippen LogP contribution >= 0.6 is 0 Å². The first-order valence-corrected chi connectivity index (χ1v) is 10.6. The minimum absolute atomic E-state index is 0.0905. The van der Waals surface area contributed by atoms with Crippen molar-refractivity contribution in [3.05, 3.63) is 47.8 Å². The van der Waals surface area contributed by atoms with Gasteiger partial charge in [-0.2, -0.15) is 5.10 Å². The van der Waals surface area contributed by atoms with Crippen molar-refractivity contribution in [2.45, 2.75) is 76.7 Å². The molecule has 156 valence electrons. The number of benzene rings is 1. The second kappa shape index (κ2) is 7.82. The molecular weight excluding hydrogens is 364 g/mol. The molecule has 2 aliphatic rings.